The SMILES string of the molecule is CCCCNC(=O)CNc1cc(F)ccc1Br. The van der Waals surface area contributed by atoms with Gasteiger partial charge in [0.05, 0.1) is 12.2 Å². The summed E-state index contributed by atoms with van der Waals surface area (Å²) in [6.07, 6.45) is 2.01. The van der Waals surface area contributed by atoms with Crippen LogP contribution in [0.4, 0.5) is 10.1 Å². The van der Waals surface area contributed by atoms with Crippen molar-refractivity contribution in [3.05, 3.63) is 28.5 Å². The summed E-state index contributed by atoms with van der Waals surface area (Å²) in [6.45, 7) is 2.89. The maximum Gasteiger partial charge on any atom is 0.239 e. The molecule has 0 saturated carbocycles. The second-order valence-corrected chi connectivity index (χ2v) is 4.54. The Kier molecular flexibility index (Phi) is 5.97. The van der Waals surface area contributed by atoms with Crippen LogP contribution in [0.5, 0.6) is 0 Å². The molecule has 1 aromatic rings. The highest BCUT2D eigenvalue weighted by molar-refractivity contribution is 9.10. The first-order valence-corrected chi connectivity index (χ1v) is 6.38. The van der Waals surface area contributed by atoms with Crippen molar-refractivity contribution in [2.45, 2.75) is 19.8 Å². The average Bonchev–Trinajstić information content (AvgIpc) is 2.31. The number of hydrogen-bond acceptors (Lipinski definition) is 2. The smallest absolute Gasteiger partial charge is 0.239 e. The number of amides is 1. The van der Waals surface area contributed by atoms with Crippen molar-refractivity contribution in [1.29, 1.82) is 0 Å². The van der Waals surface area contributed by atoms with Crippen LogP contribution in [0.25, 0.3) is 0 Å². The van der Waals surface area contributed by atoms with E-state index in [1.165, 1.54) is 12.1 Å². The van der Waals surface area contributed by atoms with Gasteiger partial charge >= 0.3 is 0 Å². The molecule has 1 aromatic carbocycles. The monoisotopic (exact) mass is 302 g/mol. The first kappa shape index (κ1) is 14.0. The van der Waals surface area contributed by atoms with Gasteiger partial charge in [-0.05, 0) is 40.5 Å². The van der Waals surface area contributed by atoms with Crippen molar-refractivity contribution < 1.29 is 9.18 Å². The van der Waals surface area contributed by atoms with Crippen LogP contribution in [0.15, 0.2) is 22.7 Å². The fraction of sp³-hybridized carbons (Fsp3) is 0.417. The van der Waals surface area contributed by atoms with E-state index in [9.17, 15) is 9.18 Å². The van der Waals surface area contributed by atoms with Crippen LogP contribution in [0.3, 0.4) is 0 Å². The maximum atomic E-state index is 13.0. The van der Waals surface area contributed by atoms with Gasteiger partial charge in [0.15, 0.2) is 0 Å². The number of anilines is 1. The average molecular weight is 303 g/mol. The number of carbonyl (C=O) groups is 1. The molecule has 17 heavy (non-hydrogen) atoms. The minimum atomic E-state index is -0.331. The number of hydrogen-bond donors (Lipinski definition) is 2. The van der Waals surface area contributed by atoms with Crippen LogP contribution in [0.2, 0.25) is 0 Å². The molecule has 0 unspecified atom stereocenters. The van der Waals surface area contributed by atoms with Gasteiger partial charge in [-0.2, -0.15) is 0 Å². The molecular weight excluding hydrogens is 287 g/mol. The Balaban J connectivity index is 2.39. The van der Waals surface area contributed by atoms with Gasteiger partial charge in [-0.15, -0.1) is 0 Å². The number of halogens is 2. The van der Waals surface area contributed by atoms with E-state index in [4.69, 9.17) is 0 Å². The third-order valence-corrected chi connectivity index (χ3v) is 2.91. The Morgan fingerprint density at radius 3 is 2.94 bits per heavy atom. The minimum absolute atomic E-state index is 0.0883. The fourth-order valence-electron chi connectivity index (χ4n) is 1.28. The van der Waals surface area contributed by atoms with E-state index < -0.39 is 0 Å². The standard InChI is InChI=1S/C12H16BrFN2O/c1-2-3-6-15-12(17)8-16-11-7-9(14)4-5-10(11)13/h4-5,7,16H,2-3,6,8H2,1H3,(H,15,17). The molecule has 1 amide bonds. The zero-order chi connectivity index (χ0) is 12.7. The summed E-state index contributed by atoms with van der Waals surface area (Å²) in [6, 6.07) is 4.31. The molecule has 0 aliphatic rings. The van der Waals surface area contributed by atoms with Gasteiger partial charge in [0.25, 0.3) is 0 Å². The van der Waals surface area contributed by atoms with E-state index in [2.05, 4.69) is 33.5 Å². The highest BCUT2D eigenvalue weighted by atomic mass is 79.9. The molecule has 2 N–H and O–H groups in total. The third-order valence-electron chi connectivity index (χ3n) is 2.22. The summed E-state index contributed by atoms with van der Waals surface area (Å²) in [5.74, 6) is -0.420. The summed E-state index contributed by atoms with van der Waals surface area (Å²) in [4.78, 5) is 11.4. The molecule has 5 heteroatoms. The molecular formula is C12H16BrFN2O. The second-order valence-electron chi connectivity index (χ2n) is 3.68. The zero-order valence-corrected chi connectivity index (χ0v) is 11.3. The van der Waals surface area contributed by atoms with Gasteiger partial charge in [-0.1, -0.05) is 13.3 Å². The molecule has 0 heterocycles. The number of unbranched alkanes of at least 4 members (excludes halogenated alkanes) is 1. The molecule has 0 bridgehead atoms. The molecule has 0 atom stereocenters. The van der Waals surface area contributed by atoms with Crippen LogP contribution >= 0.6 is 15.9 Å². The molecule has 1 rings (SSSR count). The quantitative estimate of drug-likeness (QED) is 0.793. The van der Waals surface area contributed by atoms with Crippen molar-refractivity contribution >= 4 is 27.5 Å². The van der Waals surface area contributed by atoms with Gasteiger partial charge < -0.3 is 10.6 Å². The third kappa shape index (κ3) is 5.17. The Bertz CT molecular complexity index is 385. The molecule has 0 saturated heterocycles. The van der Waals surface area contributed by atoms with E-state index in [0.717, 1.165) is 17.3 Å². The van der Waals surface area contributed by atoms with Gasteiger partial charge in [-0.25, -0.2) is 4.39 Å². The molecule has 94 valence electrons. The Hall–Kier alpha value is -1.10. The molecule has 3 nitrogen and oxygen atoms in total. The van der Waals surface area contributed by atoms with Crippen LogP contribution in [0.1, 0.15) is 19.8 Å². The van der Waals surface area contributed by atoms with Crippen LogP contribution in [-0.2, 0) is 4.79 Å². The summed E-state index contributed by atoms with van der Waals surface area (Å²) in [5.41, 5.74) is 0.579. The topological polar surface area (TPSA) is 41.1 Å². The Morgan fingerprint density at radius 1 is 1.47 bits per heavy atom. The highest BCUT2D eigenvalue weighted by Gasteiger charge is 2.04. The van der Waals surface area contributed by atoms with E-state index in [-0.39, 0.29) is 18.3 Å². The van der Waals surface area contributed by atoms with Gasteiger partial charge in [0, 0.05) is 11.0 Å². The van der Waals surface area contributed by atoms with Crippen molar-refractivity contribution in [3.63, 3.8) is 0 Å². The lowest BCUT2D eigenvalue weighted by molar-refractivity contribution is -0.119. The molecule has 0 aromatic heterocycles. The van der Waals surface area contributed by atoms with Crippen molar-refractivity contribution in [2.24, 2.45) is 0 Å². The Labute approximate surface area is 109 Å². The lowest BCUT2D eigenvalue weighted by atomic mass is 10.3. The molecule has 0 fully saturated rings. The van der Waals surface area contributed by atoms with Gasteiger partial charge in [0.1, 0.15) is 5.82 Å². The number of carbonyl (C=O) groups excluding carboxylic acids is 1. The first-order chi connectivity index (χ1) is 8.13. The maximum absolute atomic E-state index is 13.0. The van der Waals surface area contributed by atoms with Gasteiger partial charge in [-0.3, -0.25) is 4.79 Å². The lowest BCUT2D eigenvalue weighted by Gasteiger charge is -2.09. The van der Waals surface area contributed by atoms with Crippen LogP contribution in [-0.4, -0.2) is 19.0 Å². The molecule has 0 aliphatic heterocycles. The lowest BCUT2D eigenvalue weighted by Crippen LogP contribution is -2.30. The highest BCUT2D eigenvalue weighted by Crippen LogP contribution is 2.22. The summed E-state index contributed by atoms with van der Waals surface area (Å²) >= 11 is 3.28. The van der Waals surface area contributed by atoms with Crippen molar-refractivity contribution in [1.82, 2.24) is 5.32 Å². The number of benzene rings is 1. The zero-order valence-electron chi connectivity index (χ0n) is 9.72. The normalized spacial score (nSPS) is 10.1. The summed E-state index contributed by atoms with van der Waals surface area (Å²) in [7, 11) is 0. The van der Waals surface area contributed by atoms with E-state index in [0.29, 0.717) is 12.2 Å². The predicted molar refractivity (Wildman–Crippen MR) is 70.5 cm³/mol. The van der Waals surface area contributed by atoms with Gasteiger partial charge in [0.2, 0.25) is 5.91 Å². The predicted octanol–water partition coefficient (Wildman–Crippen LogP) is 2.92. The van der Waals surface area contributed by atoms with Crippen LogP contribution in [0, 0.1) is 5.82 Å². The number of nitrogens with one attached hydrogen (secondary N) is 2. The minimum Gasteiger partial charge on any atom is -0.375 e. The largest absolute Gasteiger partial charge is 0.375 e. The molecule has 0 spiro atoms. The fourth-order valence-corrected chi connectivity index (χ4v) is 1.66. The van der Waals surface area contributed by atoms with Crippen LogP contribution < -0.4 is 10.6 Å². The van der Waals surface area contributed by atoms with Crippen molar-refractivity contribution in [3.8, 4) is 0 Å². The van der Waals surface area contributed by atoms with Crippen molar-refractivity contribution in [2.75, 3.05) is 18.4 Å². The van der Waals surface area contributed by atoms with E-state index in [1.807, 2.05) is 0 Å². The molecule has 0 radical (unpaired) electrons. The molecule has 0 aliphatic carbocycles. The van der Waals surface area contributed by atoms with E-state index >= 15 is 0 Å². The summed E-state index contributed by atoms with van der Waals surface area (Å²) in [5, 5.41) is 5.66. The number of rotatable bonds is 6. The summed E-state index contributed by atoms with van der Waals surface area (Å²) < 4.78 is 13.7. The first-order valence-electron chi connectivity index (χ1n) is 5.59. The van der Waals surface area contributed by atoms with E-state index in [1.54, 1.807) is 6.07 Å². The second kappa shape index (κ2) is 7.27. The Morgan fingerprint density at radius 2 is 2.24 bits per heavy atom.